The average molecular weight is 272 g/mol. The minimum atomic E-state index is 0.695. The summed E-state index contributed by atoms with van der Waals surface area (Å²) in [6.07, 6.45) is 3.62. The maximum absolute atomic E-state index is 9.42. The Kier molecular flexibility index (Phi) is 4.59. The van der Waals surface area contributed by atoms with Crippen molar-refractivity contribution in [3.8, 4) is 6.07 Å². The lowest BCUT2D eigenvalue weighted by Crippen LogP contribution is -2.27. The van der Waals surface area contributed by atoms with Crippen LogP contribution in [0, 0.1) is 37.0 Å². The Hall–Kier alpha value is -1.63. The van der Waals surface area contributed by atoms with Gasteiger partial charge in [-0.05, 0) is 50.5 Å². The second-order valence-corrected chi connectivity index (χ2v) is 6.14. The molecule has 0 N–H and O–H groups in total. The summed E-state index contributed by atoms with van der Waals surface area (Å²) in [6, 6.07) is 2.31. The Morgan fingerprint density at radius 3 is 2.60 bits per heavy atom. The number of aromatic nitrogens is 2. The number of nitriles is 1. The van der Waals surface area contributed by atoms with E-state index in [1.165, 1.54) is 19.3 Å². The molecule has 2 rings (SSSR count). The molecule has 1 atom stereocenters. The summed E-state index contributed by atoms with van der Waals surface area (Å²) in [4.78, 5) is 2.25. The Morgan fingerprint density at radius 1 is 1.20 bits per heavy atom. The van der Waals surface area contributed by atoms with Crippen molar-refractivity contribution in [2.75, 3.05) is 18.0 Å². The highest BCUT2D eigenvalue weighted by Crippen LogP contribution is 2.28. The quantitative estimate of drug-likeness (QED) is 0.829. The van der Waals surface area contributed by atoms with Gasteiger partial charge < -0.3 is 4.90 Å². The number of anilines is 1. The van der Waals surface area contributed by atoms with Crippen molar-refractivity contribution in [1.82, 2.24) is 10.2 Å². The van der Waals surface area contributed by atoms with E-state index in [1.54, 1.807) is 0 Å². The fraction of sp³-hybridized carbons (Fsp3) is 0.688. The van der Waals surface area contributed by atoms with Crippen LogP contribution in [-0.2, 0) is 0 Å². The van der Waals surface area contributed by atoms with Crippen molar-refractivity contribution in [3.63, 3.8) is 0 Å². The molecule has 1 saturated heterocycles. The van der Waals surface area contributed by atoms with Crippen LogP contribution >= 0.6 is 0 Å². The second kappa shape index (κ2) is 6.21. The molecule has 20 heavy (non-hydrogen) atoms. The summed E-state index contributed by atoms with van der Waals surface area (Å²) in [7, 11) is 0. The van der Waals surface area contributed by atoms with Gasteiger partial charge in [0.25, 0.3) is 0 Å². The molecule has 0 radical (unpaired) electrons. The van der Waals surface area contributed by atoms with Gasteiger partial charge in [-0.1, -0.05) is 13.8 Å². The third-order valence-electron chi connectivity index (χ3n) is 4.56. The van der Waals surface area contributed by atoms with Crippen LogP contribution in [0.15, 0.2) is 0 Å². The molecule has 108 valence electrons. The van der Waals surface area contributed by atoms with Crippen molar-refractivity contribution >= 4 is 5.82 Å². The van der Waals surface area contributed by atoms with E-state index < -0.39 is 0 Å². The average Bonchev–Trinajstić information content (AvgIpc) is 2.67. The van der Waals surface area contributed by atoms with Crippen molar-refractivity contribution in [2.24, 2.45) is 11.8 Å². The molecule has 1 aromatic heterocycles. The summed E-state index contributed by atoms with van der Waals surface area (Å²) in [5, 5.41) is 17.9. The van der Waals surface area contributed by atoms with Crippen LogP contribution < -0.4 is 4.90 Å². The molecule has 1 fully saturated rings. The minimum Gasteiger partial charge on any atom is -0.354 e. The molecule has 0 spiro atoms. The highest BCUT2D eigenvalue weighted by Gasteiger charge is 2.23. The van der Waals surface area contributed by atoms with E-state index in [0.29, 0.717) is 5.56 Å². The molecule has 1 aliphatic rings. The van der Waals surface area contributed by atoms with Gasteiger partial charge in [0.1, 0.15) is 11.6 Å². The molecular weight excluding hydrogens is 248 g/mol. The van der Waals surface area contributed by atoms with Crippen molar-refractivity contribution in [1.29, 1.82) is 5.26 Å². The Bertz CT molecular complexity index is 516. The van der Waals surface area contributed by atoms with E-state index in [1.807, 2.05) is 13.8 Å². The van der Waals surface area contributed by atoms with Crippen LogP contribution in [0.1, 0.15) is 49.9 Å². The third kappa shape index (κ3) is 2.92. The van der Waals surface area contributed by atoms with E-state index in [0.717, 1.165) is 42.0 Å². The zero-order valence-corrected chi connectivity index (χ0v) is 13.0. The highest BCUT2D eigenvalue weighted by atomic mass is 15.3. The molecule has 1 aromatic rings. The Morgan fingerprint density at radius 2 is 1.95 bits per heavy atom. The van der Waals surface area contributed by atoms with Gasteiger partial charge in [0.15, 0.2) is 5.82 Å². The zero-order valence-electron chi connectivity index (χ0n) is 13.0. The molecule has 4 nitrogen and oxygen atoms in total. The van der Waals surface area contributed by atoms with E-state index in [2.05, 4.69) is 35.0 Å². The lowest BCUT2D eigenvalue weighted by molar-refractivity contribution is 0.351. The topological polar surface area (TPSA) is 52.8 Å². The fourth-order valence-electron chi connectivity index (χ4n) is 2.95. The van der Waals surface area contributed by atoms with Crippen molar-refractivity contribution < 1.29 is 0 Å². The predicted molar refractivity (Wildman–Crippen MR) is 80.6 cm³/mol. The zero-order chi connectivity index (χ0) is 14.7. The van der Waals surface area contributed by atoms with Gasteiger partial charge in [0.05, 0.1) is 5.69 Å². The van der Waals surface area contributed by atoms with Gasteiger partial charge >= 0.3 is 0 Å². The highest BCUT2D eigenvalue weighted by molar-refractivity contribution is 5.57. The molecule has 0 saturated carbocycles. The van der Waals surface area contributed by atoms with Crippen LogP contribution in [-0.4, -0.2) is 23.3 Å². The summed E-state index contributed by atoms with van der Waals surface area (Å²) in [5.74, 6) is 2.29. The van der Waals surface area contributed by atoms with E-state index >= 15 is 0 Å². The van der Waals surface area contributed by atoms with Crippen molar-refractivity contribution in [3.05, 3.63) is 16.8 Å². The normalized spacial score (nSPS) is 19.8. The predicted octanol–water partition coefficient (Wildman–Crippen LogP) is 3.23. The molecular formula is C16H24N4. The van der Waals surface area contributed by atoms with E-state index in [9.17, 15) is 5.26 Å². The minimum absolute atomic E-state index is 0.695. The van der Waals surface area contributed by atoms with E-state index in [4.69, 9.17) is 0 Å². The number of rotatable bonds is 2. The number of aryl methyl sites for hydroxylation is 1. The van der Waals surface area contributed by atoms with Gasteiger partial charge in [-0.2, -0.15) is 10.4 Å². The maximum atomic E-state index is 9.42. The molecule has 0 amide bonds. The molecule has 1 unspecified atom stereocenters. The first kappa shape index (κ1) is 14.8. The summed E-state index contributed by atoms with van der Waals surface area (Å²) >= 11 is 0. The molecule has 0 aliphatic carbocycles. The molecule has 2 heterocycles. The number of hydrogen-bond donors (Lipinski definition) is 0. The Balaban J connectivity index is 2.25. The third-order valence-corrected chi connectivity index (χ3v) is 4.56. The van der Waals surface area contributed by atoms with Gasteiger partial charge in [-0.3, -0.25) is 0 Å². The standard InChI is InChI=1S/C16H24N4/c1-11(2)14-6-5-8-20(9-7-14)16-15(10-17)12(3)13(4)18-19-16/h11,14H,5-9H2,1-4H3. The van der Waals surface area contributed by atoms with Crippen LogP contribution in [0.4, 0.5) is 5.82 Å². The molecule has 0 aromatic carbocycles. The van der Waals surface area contributed by atoms with Crippen LogP contribution in [0.25, 0.3) is 0 Å². The largest absolute Gasteiger partial charge is 0.354 e. The van der Waals surface area contributed by atoms with Gasteiger partial charge in [-0.25, -0.2) is 0 Å². The van der Waals surface area contributed by atoms with Gasteiger partial charge in [0, 0.05) is 13.1 Å². The fourth-order valence-corrected chi connectivity index (χ4v) is 2.95. The lowest BCUT2D eigenvalue weighted by atomic mass is 9.89. The SMILES string of the molecule is Cc1nnc(N2CCCC(C(C)C)CC2)c(C#N)c1C. The second-order valence-electron chi connectivity index (χ2n) is 6.14. The number of hydrogen-bond acceptors (Lipinski definition) is 4. The Labute approximate surface area is 121 Å². The summed E-state index contributed by atoms with van der Waals surface area (Å²) < 4.78 is 0. The molecule has 4 heteroatoms. The van der Waals surface area contributed by atoms with Crippen LogP contribution in [0.2, 0.25) is 0 Å². The van der Waals surface area contributed by atoms with Crippen molar-refractivity contribution in [2.45, 2.75) is 47.0 Å². The first-order valence-electron chi connectivity index (χ1n) is 7.53. The molecule has 0 bridgehead atoms. The summed E-state index contributed by atoms with van der Waals surface area (Å²) in [5.41, 5.74) is 2.50. The van der Waals surface area contributed by atoms with Crippen LogP contribution in [0.5, 0.6) is 0 Å². The van der Waals surface area contributed by atoms with Crippen LogP contribution in [0.3, 0.4) is 0 Å². The smallest absolute Gasteiger partial charge is 0.169 e. The van der Waals surface area contributed by atoms with E-state index in [-0.39, 0.29) is 0 Å². The first-order valence-corrected chi connectivity index (χ1v) is 7.53. The number of nitrogens with zero attached hydrogens (tertiary/aromatic N) is 4. The monoisotopic (exact) mass is 272 g/mol. The van der Waals surface area contributed by atoms with Gasteiger partial charge in [0.2, 0.25) is 0 Å². The lowest BCUT2D eigenvalue weighted by Gasteiger charge is -2.23. The first-order chi connectivity index (χ1) is 9.54. The van der Waals surface area contributed by atoms with Gasteiger partial charge in [-0.15, -0.1) is 5.10 Å². The summed E-state index contributed by atoms with van der Waals surface area (Å²) in [6.45, 7) is 10.4. The molecule has 1 aliphatic heterocycles. The maximum Gasteiger partial charge on any atom is 0.169 e.